The number of aryl methyl sites for hydroxylation is 2. The number of aromatic nitrogens is 2. The summed E-state index contributed by atoms with van der Waals surface area (Å²) in [6, 6.07) is 28.7. The minimum Gasteiger partial charge on any atom is -0.333 e. The van der Waals surface area contributed by atoms with Crippen molar-refractivity contribution in [3.63, 3.8) is 0 Å². The summed E-state index contributed by atoms with van der Waals surface area (Å²) in [5.74, 6) is 0. The first-order chi connectivity index (χ1) is 18.7. The Morgan fingerprint density at radius 1 is 0.368 bits per heavy atom. The largest absolute Gasteiger partial charge is 0.333 e. The Kier molecular flexibility index (Phi) is 10.8. The zero-order chi connectivity index (χ0) is 26.4. The summed E-state index contributed by atoms with van der Waals surface area (Å²) in [6.07, 6.45) is 16.8. The third-order valence-electron chi connectivity index (χ3n) is 7.31. The van der Waals surface area contributed by atoms with Crippen molar-refractivity contribution >= 4 is 0 Å². The Morgan fingerprint density at radius 2 is 0.711 bits per heavy atom. The first kappa shape index (κ1) is 27.4. The maximum Gasteiger partial charge on any atom is 0.124 e. The zero-order valence-corrected chi connectivity index (χ0v) is 22.6. The average Bonchev–Trinajstić information content (AvgIpc) is 2.96. The van der Waals surface area contributed by atoms with E-state index in [-0.39, 0.29) is 0 Å². The molecule has 0 bridgehead atoms. The molecule has 4 aromatic rings. The lowest BCUT2D eigenvalue weighted by Crippen LogP contribution is -2.18. The van der Waals surface area contributed by atoms with Gasteiger partial charge >= 0.3 is 0 Å². The second kappa shape index (κ2) is 14.9. The second-order valence-corrected chi connectivity index (χ2v) is 10.3. The van der Waals surface area contributed by atoms with Crippen LogP contribution in [0.4, 0.5) is 0 Å². The van der Waals surface area contributed by atoms with E-state index in [0.29, 0.717) is 11.0 Å². The van der Waals surface area contributed by atoms with Crippen LogP contribution in [-0.4, -0.2) is 9.13 Å². The number of nitrogens with one attached hydrogen (secondary N) is 2. The number of hydrogen-bond acceptors (Lipinski definition) is 2. The monoisotopic (exact) mass is 506 g/mol. The summed E-state index contributed by atoms with van der Waals surface area (Å²) in [6.45, 7) is 1.84. The van der Waals surface area contributed by atoms with E-state index in [4.69, 9.17) is 10.8 Å². The van der Waals surface area contributed by atoms with Crippen molar-refractivity contribution < 1.29 is 0 Å². The smallest absolute Gasteiger partial charge is 0.124 e. The fourth-order valence-corrected chi connectivity index (χ4v) is 5.04. The van der Waals surface area contributed by atoms with E-state index in [1.807, 2.05) is 36.4 Å². The quantitative estimate of drug-likeness (QED) is 0.153. The lowest BCUT2D eigenvalue weighted by Gasteiger charge is -2.10. The summed E-state index contributed by atoms with van der Waals surface area (Å²) < 4.78 is 4.17. The van der Waals surface area contributed by atoms with Crippen molar-refractivity contribution in [2.24, 2.45) is 0 Å². The average molecular weight is 507 g/mol. The second-order valence-electron chi connectivity index (χ2n) is 10.3. The van der Waals surface area contributed by atoms with Gasteiger partial charge in [-0.1, -0.05) is 112 Å². The summed E-state index contributed by atoms with van der Waals surface area (Å²) >= 11 is 0. The van der Waals surface area contributed by atoms with Crippen LogP contribution in [0.25, 0.3) is 22.3 Å². The predicted octanol–water partition coefficient (Wildman–Crippen LogP) is 8.18. The van der Waals surface area contributed by atoms with E-state index in [2.05, 4.69) is 70.1 Å². The molecule has 0 fully saturated rings. The van der Waals surface area contributed by atoms with Crippen molar-refractivity contribution in [1.29, 1.82) is 10.8 Å². The number of rotatable bonds is 15. The molecule has 38 heavy (non-hydrogen) atoms. The summed E-state index contributed by atoms with van der Waals surface area (Å²) in [5, 5.41) is 16.5. The maximum atomic E-state index is 8.23. The van der Waals surface area contributed by atoms with Crippen molar-refractivity contribution in [3.8, 4) is 22.3 Å². The van der Waals surface area contributed by atoms with Gasteiger partial charge in [-0.15, -0.1) is 0 Å². The Balaban J connectivity index is 1.05. The lowest BCUT2D eigenvalue weighted by molar-refractivity contribution is 0.514. The number of nitrogens with zero attached hydrogens (tertiary/aromatic N) is 2. The number of unbranched alkanes of at least 4 members (excludes halogenated alkanes) is 9. The number of benzene rings is 2. The lowest BCUT2D eigenvalue weighted by atomic mass is 10.1. The van der Waals surface area contributed by atoms with E-state index < -0.39 is 0 Å². The van der Waals surface area contributed by atoms with Crippen molar-refractivity contribution in [1.82, 2.24) is 9.13 Å². The predicted molar refractivity (Wildman–Crippen MR) is 158 cm³/mol. The molecule has 4 nitrogen and oxygen atoms in total. The highest BCUT2D eigenvalue weighted by atomic mass is 15.0. The number of pyridine rings is 2. The van der Waals surface area contributed by atoms with Gasteiger partial charge < -0.3 is 9.13 Å². The van der Waals surface area contributed by atoms with Crippen LogP contribution in [0.3, 0.4) is 0 Å². The molecule has 2 aromatic carbocycles. The molecule has 0 aliphatic rings. The van der Waals surface area contributed by atoms with E-state index in [1.165, 1.54) is 73.6 Å². The third-order valence-corrected chi connectivity index (χ3v) is 7.31. The van der Waals surface area contributed by atoms with Gasteiger partial charge in [-0.05, 0) is 59.4 Å². The topological polar surface area (TPSA) is 57.6 Å². The SMILES string of the molecule is N=c1ccc(-c2ccccc2)cn1CCCCCCCCCCCCn1cc(-c2ccccc2)ccc1=N. The normalized spacial score (nSPS) is 11.1. The molecule has 0 saturated heterocycles. The molecule has 0 amide bonds. The Morgan fingerprint density at radius 3 is 1.08 bits per heavy atom. The molecule has 2 aromatic heterocycles. The Labute approximate surface area is 227 Å². The standard InChI is InChI=1S/C34H42N4/c35-33-23-21-31(29-17-11-9-12-18-29)27-37(33)25-15-7-5-3-1-2-4-6-8-16-26-38-28-32(22-24-34(38)36)30-19-13-10-14-20-30/h9-14,17-24,27-28,35-36H,1-8,15-16,25-26H2. The van der Waals surface area contributed by atoms with Crippen LogP contribution >= 0.6 is 0 Å². The van der Waals surface area contributed by atoms with Gasteiger partial charge in [0, 0.05) is 25.5 Å². The highest BCUT2D eigenvalue weighted by molar-refractivity contribution is 5.62. The molecule has 0 atom stereocenters. The van der Waals surface area contributed by atoms with E-state index in [0.717, 1.165) is 25.9 Å². The van der Waals surface area contributed by atoms with E-state index >= 15 is 0 Å². The van der Waals surface area contributed by atoms with Crippen LogP contribution in [0, 0.1) is 10.8 Å². The van der Waals surface area contributed by atoms with Gasteiger partial charge in [-0.25, -0.2) is 0 Å². The van der Waals surface area contributed by atoms with Gasteiger partial charge in [0.25, 0.3) is 0 Å². The Hall–Kier alpha value is -3.66. The summed E-state index contributed by atoms with van der Waals surface area (Å²) in [4.78, 5) is 0. The molecule has 0 saturated carbocycles. The van der Waals surface area contributed by atoms with Gasteiger partial charge in [0.1, 0.15) is 11.0 Å². The first-order valence-corrected chi connectivity index (χ1v) is 14.3. The van der Waals surface area contributed by atoms with Crippen LogP contribution in [-0.2, 0) is 13.1 Å². The fraction of sp³-hybridized carbons (Fsp3) is 0.353. The van der Waals surface area contributed by atoms with Crippen molar-refractivity contribution in [2.75, 3.05) is 0 Å². The summed E-state index contributed by atoms with van der Waals surface area (Å²) in [7, 11) is 0. The summed E-state index contributed by atoms with van der Waals surface area (Å²) in [5.41, 5.74) is 5.95. The molecular formula is C34H42N4. The van der Waals surface area contributed by atoms with Gasteiger partial charge in [0.15, 0.2) is 0 Å². The molecule has 4 rings (SSSR count). The van der Waals surface area contributed by atoms with Crippen LogP contribution in [0.2, 0.25) is 0 Å². The zero-order valence-electron chi connectivity index (χ0n) is 22.6. The third kappa shape index (κ3) is 8.44. The van der Waals surface area contributed by atoms with Gasteiger partial charge in [-0.3, -0.25) is 10.8 Å². The van der Waals surface area contributed by atoms with Crippen LogP contribution in [0.1, 0.15) is 64.2 Å². The highest BCUT2D eigenvalue weighted by Gasteiger charge is 2.02. The van der Waals surface area contributed by atoms with Gasteiger partial charge in [0.2, 0.25) is 0 Å². The van der Waals surface area contributed by atoms with Crippen molar-refractivity contribution in [3.05, 3.63) is 108 Å². The first-order valence-electron chi connectivity index (χ1n) is 14.3. The van der Waals surface area contributed by atoms with E-state index in [1.54, 1.807) is 0 Å². The molecular weight excluding hydrogens is 464 g/mol. The van der Waals surface area contributed by atoms with Crippen molar-refractivity contribution in [2.45, 2.75) is 77.3 Å². The van der Waals surface area contributed by atoms with Gasteiger partial charge in [-0.2, -0.15) is 0 Å². The van der Waals surface area contributed by atoms with E-state index in [9.17, 15) is 0 Å². The van der Waals surface area contributed by atoms with Gasteiger partial charge in [0.05, 0.1) is 0 Å². The molecule has 0 spiro atoms. The molecule has 2 heterocycles. The molecule has 198 valence electrons. The molecule has 0 radical (unpaired) electrons. The van der Waals surface area contributed by atoms with Crippen LogP contribution < -0.4 is 11.0 Å². The molecule has 0 aliphatic heterocycles. The van der Waals surface area contributed by atoms with Crippen LogP contribution in [0.15, 0.2) is 97.3 Å². The molecule has 0 unspecified atom stereocenters. The molecule has 2 N–H and O–H groups in total. The minimum absolute atomic E-state index is 0.589. The fourth-order valence-electron chi connectivity index (χ4n) is 5.04. The Bertz CT molecular complexity index is 1250. The highest BCUT2D eigenvalue weighted by Crippen LogP contribution is 2.18. The number of hydrogen-bond donors (Lipinski definition) is 2. The molecule has 4 heteroatoms. The van der Waals surface area contributed by atoms with Crippen LogP contribution in [0.5, 0.6) is 0 Å². The molecule has 0 aliphatic carbocycles. The maximum absolute atomic E-state index is 8.23. The minimum atomic E-state index is 0.589.